The molecule has 0 unspecified atom stereocenters. The zero-order valence-corrected chi connectivity index (χ0v) is 10.3. The number of nitro groups is 1. The third-order valence-corrected chi connectivity index (χ3v) is 2.70. The highest BCUT2D eigenvalue weighted by Crippen LogP contribution is 2.31. The van der Waals surface area contributed by atoms with E-state index in [9.17, 15) is 14.9 Å². The number of halogens is 1. The lowest BCUT2D eigenvalue weighted by Crippen LogP contribution is -1.95. The molecule has 0 aliphatic heterocycles. The second kappa shape index (κ2) is 5.49. The third kappa shape index (κ3) is 2.89. The molecule has 96 valence electrons. The zero-order chi connectivity index (χ0) is 13.8. The molecule has 0 bridgehead atoms. The van der Waals surface area contributed by atoms with Crippen LogP contribution in [-0.4, -0.2) is 11.2 Å². The highest BCUT2D eigenvalue weighted by Gasteiger charge is 2.14. The summed E-state index contributed by atoms with van der Waals surface area (Å²) in [6.45, 7) is 0. The van der Waals surface area contributed by atoms with E-state index < -0.39 is 4.92 Å². The van der Waals surface area contributed by atoms with Crippen LogP contribution in [0.25, 0.3) is 0 Å². The molecule has 0 saturated heterocycles. The molecule has 0 aromatic heterocycles. The van der Waals surface area contributed by atoms with Crippen molar-refractivity contribution in [2.45, 2.75) is 0 Å². The van der Waals surface area contributed by atoms with Crippen LogP contribution in [0, 0.1) is 10.1 Å². The van der Waals surface area contributed by atoms with Crippen molar-refractivity contribution in [3.8, 4) is 11.5 Å². The van der Waals surface area contributed by atoms with E-state index in [-0.39, 0.29) is 11.3 Å². The predicted molar refractivity (Wildman–Crippen MR) is 70.0 cm³/mol. The maximum absolute atomic E-state index is 10.8. The Bertz CT molecular complexity index is 642. The Balaban J connectivity index is 2.35. The van der Waals surface area contributed by atoms with Crippen LogP contribution in [-0.2, 0) is 0 Å². The van der Waals surface area contributed by atoms with E-state index in [0.29, 0.717) is 22.8 Å². The largest absolute Gasteiger partial charge is 0.456 e. The topological polar surface area (TPSA) is 69.4 Å². The van der Waals surface area contributed by atoms with Gasteiger partial charge in [-0.15, -0.1) is 0 Å². The number of ether oxygens (including phenoxy) is 1. The van der Waals surface area contributed by atoms with E-state index in [1.165, 1.54) is 18.2 Å². The van der Waals surface area contributed by atoms with Crippen LogP contribution >= 0.6 is 11.6 Å². The molecule has 0 fully saturated rings. The molecule has 0 saturated carbocycles. The van der Waals surface area contributed by atoms with Gasteiger partial charge in [0, 0.05) is 6.07 Å². The average Bonchev–Trinajstić information content (AvgIpc) is 2.41. The molecule has 0 N–H and O–H groups in total. The number of aldehydes is 1. The van der Waals surface area contributed by atoms with Gasteiger partial charge in [0.25, 0.3) is 5.69 Å². The quantitative estimate of drug-likeness (QED) is 0.483. The van der Waals surface area contributed by atoms with Gasteiger partial charge >= 0.3 is 0 Å². The van der Waals surface area contributed by atoms with Crippen molar-refractivity contribution in [3.05, 3.63) is 63.2 Å². The van der Waals surface area contributed by atoms with Gasteiger partial charge in [0.15, 0.2) is 6.29 Å². The summed E-state index contributed by atoms with van der Waals surface area (Å²) in [5.74, 6) is 0.718. The van der Waals surface area contributed by atoms with Crippen molar-refractivity contribution < 1.29 is 14.5 Å². The molecule has 0 aliphatic carbocycles. The fourth-order valence-electron chi connectivity index (χ4n) is 1.51. The van der Waals surface area contributed by atoms with E-state index in [1.54, 1.807) is 24.3 Å². The number of hydrogen-bond acceptors (Lipinski definition) is 4. The summed E-state index contributed by atoms with van der Waals surface area (Å²) < 4.78 is 5.47. The van der Waals surface area contributed by atoms with Gasteiger partial charge in [-0.25, -0.2) is 0 Å². The van der Waals surface area contributed by atoms with Crippen molar-refractivity contribution in [1.29, 1.82) is 0 Å². The first-order valence-corrected chi connectivity index (χ1v) is 5.65. The van der Waals surface area contributed by atoms with Crippen LogP contribution in [0.2, 0.25) is 5.02 Å². The minimum Gasteiger partial charge on any atom is -0.456 e. The molecule has 0 aliphatic rings. The average molecular weight is 278 g/mol. The maximum atomic E-state index is 10.8. The van der Waals surface area contributed by atoms with Gasteiger partial charge in [0.05, 0.1) is 15.5 Å². The van der Waals surface area contributed by atoms with Gasteiger partial charge in [-0.3, -0.25) is 14.9 Å². The molecule has 5 nitrogen and oxygen atoms in total. The Morgan fingerprint density at radius 1 is 1.21 bits per heavy atom. The Hall–Kier alpha value is -2.40. The smallest absolute Gasteiger partial charge is 0.280 e. The second-order valence-electron chi connectivity index (χ2n) is 3.63. The van der Waals surface area contributed by atoms with E-state index in [1.807, 2.05) is 0 Å². The molecule has 0 atom stereocenters. The van der Waals surface area contributed by atoms with Gasteiger partial charge in [-0.2, -0.15) is 0 Å². The van der Waals surface area contributed by atoms with Crippen LogP contribution in [0.15, 0.2) is 42.5 Å². The molecule has 0 spiro atoms. The van der Waals surface area contributed by atoms with E-state index >= 15 is 0 Å². The Labute approximate surface area is 113 Å². The van der Waals surface area contributed by atoms with Crippen molar-refractivity contribution in [2.24, 2.45) is 0 Å². The highest BCUT2D eigenvalue weighted by atomic mass is 35.5. The Morgan fingerprint density at radius 3 is 2.58 bits per heavy atom. The molecule has 0 heterocycles. The van der Waals surface area contributed by atoms with Gasteiger partial charge in [0.2, 0.25) is 0 Å². The third-order valence-electron chi connectivity index (χ3n) is 2.39. The van der Waals surface area contributed by atoms with Gasteiger partial charge in [-0.1, -0.05) is 23.7 Å². The first kappa shape index (κ1) is 13.0. The number of para-hydroxylation sites is 1. The lowest BCUT2D eigenvalue weighted by molar-refractivity contribution is -0.385. The van der Waals surface area contributed by atoms with Gasteiger partial charge in [-0.05, 0) is 24.3 Å². The minimum atomic E-state index is -0.622. The van der Waals surface area contributed by atoms with Gasteiger partial charge in [0.1, 0.15) is 11.5 Å². The van der Waals surface area contributed by atoms with E-state index in [0.717, 1.165) is 0 Å². The maximum Gasteiger partial charge on any atom is 0.280 e. The van der Waals surface area contributed by atoms with Crippen LogP contribution < -0.4 is 4.74 Å². The monoisotopic (exact) mass is 277 g/mol. The molecule has 0 amide bonds. The Kier molecular flexibility index (Phi) is 3.77. The number of carbonyl (C=O) groups is 1. The summed E-state index contributed by atoms with van der Waals surface area (Å²) in [4.78, 5) is 20.9. The number of hydrogen-bond donors (Lipinski definition) is 0. The van der Waals surface area contributed by atoms with Crippen molar-refractivity contribution in [3.63, 3.8) is 0 Å². The Morgan fingerprint density at radius 2 is 1.95 bits per heavy atom. The summed E-state index contributed by atoms with van der Waals surface area (Å²) in [5.41, 5.74) is -0.309. The lowest BCUT2D eigenvalue weighted by Gasteiger charge is -2.07. The molecule has 0 radical (unpaired) electrons. The lowest BCUT2D eigenvalue weighted by atomic mass is 10.2. The number of carbonyl (C=O) groups excluding carboxylic acids is 1. The number of benzene rings is 2. The SMILES string of the molecule is O=Cc1cc(Oc2ccccc2Cl)ccc1[N+](=O)[O-]. The number of nitrogens with zero attached hydrogens (tertiary/aromatic N) is 1. The van der Waals surface area contributed by atoms with Crippen molar-refractivity contribution in [1.82, 2.24) is 0 Å². The van der Waals surface area contributed by atoms with Crippen molar-refractivity contribution in [2.75, 3.05) is 0 Å². The first-order chi connectivity index (χ1) is 9.11. The minimum absolute atomic E-state index is 0.0467. The molecular formula is C13H8ClNO4. The van der Waals surface area contributed by atoms with Crippen molar-refractivity contribution >= 4 is 23.6 Å². The van der Waals surface area contributed by atoms with Crippen LogP contribution in [0.4, 0.5) is 5.69 Å². The van der Waals surface area contributed by atoms with Crippen LogP contribution in [0.3, 0.4) is 0 Å². The summed E-state index contributed by atoms with van der Waals surface area (Å²) in [7, 11) is 0. The van der Waals surface area contributed by atoms with Crippen LogP contribution in [0.1, 0.15) is 10.4 Å². The highest BCUT2D eigenvalue weighted by molar-refractivity contribution is 6.32. The number of rotatable bonds is 4. The fourth-order valence-corrected chi connectivity index (χ4v) is 1.69. The molecule has 19 heavy (non-hydrogen) atoms. The summed E-state index contributed by atoms with van der Waals surface area (Å²) >= 11 is 5.93. The fraction of sp³-hybridized carbons (Fsp3) is 0. The second-order valence-corrected chi connectivity index (χ2v) is 4.04. The number of nitro benzene ring substituents is 1. The summed E-state index contributed by atoms with van der Waals surface area (Å²) in [5, 5.41) is 11.1. The standard InChI is InChI=1S/C13H8ClNO4/c14-11-3-1-2-4-13(11)19-10-5-6-12(15(17)18)9(7-10)8-16/h1-8H. The normalized spacial score (nSPS) is 9.95. The summed E-state index contributed by atoms with van der Waals surface area (Å²) in [6, 6.07) is 10.7. The van der Waals surface area contributed by atoms with E-state index in [2.05, 4.69) is 0 Å². The van der Waals surface area contributed by atoms with Crippen LogP contribution in [0.5, 0.6) is 11.5 Å². The van der Waals surface area contributed by atoms with Gasteiger partial charge < -0.3 is 4.74 Å². The zero-order valence-electron chi connectivity index (χ0n) is 9.58. The predicted octanol–water partition coefficient (Wildman–Crippen LogP) is 3.85. The molecule has 6 heteroatoms. The molecular weight excluding hydrogens is 270 g/mol. The molecule has 2 aromatic carbocycles. The summed E-state index contributed by atoms with van der Waals surface area (Å²) in [6.07, 6.45) is 0.414. The molecule has 2 aromatic rings. The molecule has 2 rings (SSSR count). The first-order valence-electron chi connectivity index (χ1n) is 5.28. The van der Waals surface area contributed by atoms with E-state index in [4.69, 9.17) is 16.3 Å².